The molecule has 0 radical (unpaired) electrons. The Hall–Kier alpha value is -1.17. The van der Waals surface area contributed by atoms with Crippen molar-refractivity contribution in [3.8, 4) is 0 Å². The summed E-state index contributed by atoms with van der Waals surface area (Å²) in [5.41, 5.74) is -0.550. The van der Waals surface area contributed by atoms with Crippen LogP contribution in [-0.4, -0.2) is 20.9 Å². The van der Waals surface area contributed by atoms with E-state index in [9.17, 15) is 13.6 Å². The minimum absolute atomic E-state index is 0.160. The summed E-state index contributed by atoms with van der Waals surface area (Å²) in [5, 5.41) is 12.1. The van der Waals surface area contributed by atoms with Crippen LogP contribution in [0.4, 0.5) is 8.78 Å². The maximum Gasteiger partial charge on any atom is 0.328 e. The summed E-state index contributed by atoms with van der Waals surface area (Å²) in [5.74, 6) is -1.21. The molecule has 15 heavy (non-hydrogen) atoms. The molecule has 1 aromatic heterocycles. The minimum atomic E-state index is -2.84. The first-order valence-electron chi connectivity index (χ1n) is 4.22. The van der Waals surface area contributed by atoms with Gasteiger partial charge in [-0.15, -0.1) is 0 Å². The Labute approximate surface area is 89.5 Å². The van der Waals surface area contributed by atoms with Crippen LogP contribution in [0.15, 0.2) is 6.20 Å². The van der Waals surface area contributed by atoms with E-state index in [1.807, 2.05) is 0 Å². The number of halogens is 3. The monoisotopic (exact) mass is 238 g/mol. The van der Waals surface area contributed by atoms with Gasteiger partial charge in [-0.05, 0) is 6.42 Å². The molecule has 4 nitrogen and oxygen atoms in total. The van der Waals surface area contributed by atoms with Crippen molar-refractivity contribution in [1.29, 1.82) is 0 Å². The van der Waals surface area contributed by atoms with Crippen molar-refractivity contribution in [2.45, 2.75) is 25.8 Å². The second-order valence-corrected chi connectivity index (χ2v) is 3.29. The summed E-state index contributed by atoms with van der Waals surface area (Å²) in [4.78, 5) is 10.8. The van der Waals surface area contributed by atoms with Crippen LogP contribution in [0.2, 0.25) is 5.02 Å². The van der Waals surface area contributed by atoms with E-state index in [1.54, 1.807) is 6.92 Å². The number of rotatable bonds is 4. The molecule has 0 saturated carbocycles. The Morgan fingerprint density at radius 3 is 2.73 bits per heavy atom. The van der Waals surface area contributed by atoms with Gasteiger partial charge in [-0.1, -0.05) is 18.5 Å². The van der Waals surface area contributed by atoms with Gasteiger partial charge in [0.05, 0.1) is 11.2 Å². The first kappa shape index (κ1) is 11.9. The zero-order chi connectivity index (χ0) is 11.6. The summed E-state index contributed by atoms with van der Waals surface area (Å²) in [7, 11) is 0. The number of nitrogens with zero attached hydrogens (tertiary/aromatic N) is 2. The van der Waals surface area contributed by atoms with Crippen molar-refractivity contribution in [2.24, 2.45) is 0 Å². The molecular formula is C8H9ClF2N2O2. The van der Waals surface area contributed by atoms with Crippen molar-refractivity contribution in [3.05, 3.63) is 16.9 Å². The van der Waals surface area contributed by atoms with Crippen LogP contribution in [-0.2, 0) is 4.79 Å². The Kier molecular flexibility index (Phi) is 3.62. The summed E-state index contributed by atoms with van der Waals surface area (Å²) in [6.45, 7) is 1.57. The van der Waals surface area contributed by atoms with Crippen LogP contribution in [0, 0.1) is 0 Å². The van der Waals surface area contributed by atoms with Crippen molar-refractivity contribution in [1.82, 2.24) is 9.78 Å². The topological polar surface area (TPSA) is 55.1 Å². The lowest BCUT2D eigenvalue weighted by molar-refractivity contribution is -0.141. The quantitative estimate of drug-likeness (QED) is 0.877. The summed E-state index contributed by atoms with van der Waals surface area (Å²) < 4.78 is 25.8. The maximum atomic E-state index is 12.5. The van der Waals surface area contributed by atoms with Crippen LogP contribution < -0.4 is 0 Å². The van der Waals surface area contributed by atoms with E-state index < -0.39 is 24.1 Å². The molecule has 0 saturated heterocycles. The van der Waals surface area contributed by atoms with Crippen LogP contribution in [0.3, 0.4) is 0 Å². The van der Waals surface area contributed by atoms with Gasteiger partial charge in [0.1, 0.15) is 11.7 Å². The number of aliphatic carboxylic acids is 1. The van der Waals surface area contributed by atoms with Crippen molar-refractivity contribution in [2.75, 3.05) is 0 Å². The molecule has 0 spiro atoms. The van der Waals surface area contributed by atoms with E-state index in [0.717, 1.165) is 10.9 Å². The number of alkyl halides is 2. The molecule has 0 fully saturated rings. The summed E-state index contributed by atoms with van der Waals surface area (Å²) in [6, 6.07) is -1.11. The van der Waals surface area contributed by atoms with Crippen molar-refractivity contribution in [3.63, 3.8) is 0 Å². The first-order chi connectivity index (χ1) is 6.99. The van der Waals surface area contributed by atoms with E-state index in [0.29, 0.717) is 0 Å². The van der Waals surface area contributed by atoms with Crippen LogP contribution >= 0.6 is 11.6 Å². The molecule has 1 N–H and O–H groups in total. The smallest absolute Gasteiger partial charge is 0.328 e. The molecule has 0 aliphatic heterocycles. The second kappa shape index (κ2) is 4.57. The highest BCUT2D eigenvalue weighted by molar-refractivity contribution is 6.31. The molecule has 1 atom stereocenters. The van der Waals surface area contributed by atoms with Gasteiger partial charge < -0.3 is 5.11 Å². The third-order valence-corrected chi connectivity index (χ3v) is 2.25. The lowest BCUT2D eigenvalue weighted by atomic mass is 10.2. The number of aromatic nitrogens is 2. The Balaban J connectivity index is 3.18. The average molecular weight is 239 g/mol. The SMILES string of the molecule is CC[C@H](C(=O)O)n1ncc(Cl)c1C(F)F. The number of carboxylic acids is 1. The fraction of sp³-hybridized carbons (Fsp3) is 0.500. The Morgan fingerprint density at radius 1 is 1.73 bits per heavy atom. The minimum Gasteiger partial charge on any atom is -0.480 e. The third-order valence-electron chi connectivity index (χ3n) is 1.96. The number of hydrogen-bond acceptors (Lipinski definition) is 2. The van der Waals surface area contributed by atoms with Crippen LogP contribution in [0.25, 0.3) is 0 Å². The van der Waals surface area contributed by atoms with Gasteiger partial charge in [0.15, 0.2) is 0 Å². The van der Waals surface area contributed by atoms with Gasteiger partial charge in [0.25, 0.3) is 6.43 Å². The Bertz CT molecular complexity index is 368. The van der Waals surface area contributed by atoms with Crippen LogP contribution in [0.1, 0.15) is 31.5 Å². The predicted molar refractivity (Wildman–Crippen MR) is 49.2 cm³/mol. The Morgan fingerprint density at radius 2 is 2.33 bits per heavy atom. The highest BCUT2D eigenvalue weighted by Crippen LogP contribution is 2.29. The van der Waals surface area contributed by atoms with Gasteiger partial charge in [0.2, 0.25) is 0 Å². The lowest BCUT2D eigenvalue weighted by Crippen LogP contribution is -2.21. The molecule has 0 bridgehead atoms. The van der Waals surface area contributed by atoms with Gasteiger partial charge in [-0.25, -0.2) is 18.3 Å². The van der Waals surface area contributed by atoms with E-state index in [-0.39, 0.29) is 11.4 Å². The van der Waals surface area contributed by atoms with E-state index in [1.165, 1.54) is 0 Å². The number of hydrogen-bond donors (Lipinski definition) is 1. The average Bonchev–Trinajstić information content (AvgIpc) is 2.48. The molecule has 1 rings (SSSR count). The largest absolute Gasteiger partial charge is 0.480 e. The number of carboxylic acid groups (broad SMARTS) is 1. The molecule has 84 valence electrons. The lowest BCUT2D eigenvalue weighted by Gasteiger charge is -2.13. The molecule has 0 unspecified atom stereocenters. The molecule has 1 aromatic rings. The maximum absolute atomic E-state index is 12.5. The van der Waals surface area contributed by atoms with Crippen LogP contribution in [0.5, 0.6) is 0 Å². The van der Waals surface area contributed by atoms with Gasteiger partial charge in [-0.3, -0.25) is 0 Å². The first-order valence-corrected chi connectivity index (χ1v) is 4.60. The molecule has 0 aromatic carbocycles. The van der Waals surface area contributed by atoms with E-state index in [4.69, 9.17) is 16.7 Å². The highest BCUT2D eigenvalue weighted by atomic mass is 35.5. The van der Waals surface area contributed by atoms with Gasteiger partial charge >= 0.3 is 5.97 Å². The van der Waals surface area contributed by atoms with E-state index >= 15 is 0 Å². The molecule has 1 heterocycles. The standard InChI is InChI=1S/C8H9ClF2N2O2/c1-2-5(8(14)15)13-6(7(10)11)4(9)3-12-13/h3,5,7H,2H2,1H3,(H,14,15)/t5-/m1/s1. The van der Waals surface area contributed by atoms with E-state index in [2.05, 4.69) is 5.10 Å². The van der Waals surface area contributed by atoms with Crippen molar-refractivity contribution >= 4 is 17.6 Å². The predicted octanol–water partition coefficient (Wildman–Crippen LogP) is 2.51. The fourth-order valence-corrected chi connectivity index (χ4v) is 1.47. The second-order valence-electron chi connectivity index (χ2n) is 2.89. The highest BCUT2D eigenvalue weighted by Gasteiger charge is 2.27. The zero-order valence-electron chi connectivity index (χ0n) is 7.82. The normalized spacial score (nSPS) is 13.1. The fourth-order valence-electron chi connectivity index (χ4n) is 1.26. The molecule has 0 aliphatic rings. The number of carbonyl (C=O) groups is 1. The zero-order valence-corrected chi connectivity index (χ0v) is 8.58. The summed E-state index contributed by atoms with van der Waals surface area (Å²) in [6.07, 6.45) is -1.66. The molecule has 0 amide bonds. The molecular weight excluding hydrogens is 230 g/mol. The summed E-state index contributed by atoms with van der Waals surface area (Å²) >= 11 is 5.49. The van der Waals surface area contributed by atoms with Crippen molar-refractivity contribution < 1.29 is 18.7 Å². The van der Waals surface area contributed by atoms with Gasteiger partial charge in [-0.2, -0.15) is 5.10 Å². The molecule has 0 aliphatic carbocycles. The third kappa shape index (κ3) is 2.26. The molecule has 7 heteroatoms. The van der Waals surface area contributed by atoms with Gasteiger partial charge in [0, 0.05) is 0 Å².